The van der Waals surface area contributed by atoms with Crippen LogP contribution in [0, 0.1) is 11.3 Å². The van der Waals surface area contributed by atoms with Crippen molar-refractivity contribution in [1.82, 2.24) is 10.6 Å². The predicted octanol–water partition coefficient (Wildman–Crippen LogP) is 1.76. The van der Waals surface area contributed by atoms with Gasteiger partial charge in [0.25, 0.3) is 0 Å². The number of carbonyl (C=O) groups is 1. The van der Waals surface area contributed by atoms with Crippen LogP contribution in [0.2, 0.25) is 0 Å². The maximum atomic E-state index is 11.3. The molecule has 0 aromatic rings. The lowest BCUT2D eigenvalue weighted by molar-refractivity contribution is 0.00775. The smallest absolute Gasteiger partial charge is 0.314 e. The molecule has 0 radical (unpaired) electrons. The van der Waals surface area contributed by atoms with E-state index in [-0.39, 0.29) is 17.6 Å². The molecule has 1 saturated heterocycles. The van der Waals surface area contributed by atoms with Crippen molar-refractivity contribution in [2.24, 2.45) is 11.3 Å². The van der Waals surface area contributed by atoms with E-state index < -0.39 is 0 Å². The van der Waals surface area contributed by atoms with Crippen LogP contribution in [0.1, 0.15) is 34.1 Å². The second-order valence-electron chi connectivity index (χ2n) is 5.45. The fourth-order valence-electron chi connectivity index (χ4n) is 2.25. The van der Waals surface area contributed by atoms with Gasteiger partial charge in [-0.25, -0.2) is 4.79 Å². The first-order valence-corrected chi connectivity index (χ1v) is 6.08. The highest BCUT2D eigenvalue weighted by atomic mass is 16.5. The summed E-state index contributed by atoms with van der Waals surface area (Å²) in [6, 6.07) is -0.0814. The number of carbonyl (C=O) groups excluding carboxylic acids is 1. The second-order valence-corrected chi connectivity index (χ2v) is 5.45. The zero-order valence-corrected chi connectivity index (χ0v) is 10.8. The fourth-order valence-corrected chi connectivity index (χ4v) is 2.25. The van der Waals surface area contributed by atoms with Crippen LogP contribution in [0.4, 0.5) is 4.79 Å². The molecule has 0 aliphatic carbocycles. The van der Waals surface area contributed by atoms with Crippen molar-refractivity contribution < 1.29 is 9.53 Å². The minimum absolute atomic E-state index is 0.0814. The van der Waals surface area contributed by atoms with Gasteiger partial charge in [0, 0.05) is 25.6 Å². The Bertz CT molecular complexity index is 236. The highest BCUT2D eigenvalue weighted by molar-refractivity contribution is 5.73. The van der Waals surface area contributed by atoms with Crippen LogP contribution in [-0.2, 0) is 4.74 Å². The molecule has 0 bridgehead atoms. The largest absolute Gasteiger partial charge is 0.377 e. The van der Waals surface area contributed by atoms with Gasteiger partial charge in [-0.3, -0.25) is 0 Å². The molecule has 94 valence electrons. The van der Waals surface area contributed by atoms with E-state index in [1.807, 2.05) is 6.92 Å². The van der Waals surface area contributed by atoms with E-state index in [1.165, 1.54) is 0 Å². The van der Waals surface area contributed by atoms with Crippen LogP contribution >= 0.6 is 0 Å². The zero-order valence-electron chi connectivity index (χ0n) is 10.8. The summed E-state index contributed by atoms with van der Waals surface area (Å²) in [5.41, 5.74) is 0.143. The van der Waals surface area contributed by atoms with Crippen LogP contribution in [0.3, 0.4) is 0 Å². The van der Waals surface area contributed by atoms with Gasteiger partial charge in [0.1, 0.15) is 0 Å². The number of nitrogens with one attached hydrogen (secondary N) is 2. The van der Waals surface area contributed by atoms with Crippen LogP contribution in [0.25, 0.3) is 0 Å². The normalized spacial score (nSPS) is 25.5. The van der Waals surface area contributed by atoms with Crippen molar-refractivity contribution in [3.63, 3.8) is 0 Å². The summed E-state index contributed by atoms with van der Waals surface area (Å²) in [5, 5.41) is 5.63. The van der Waals surface area contributed by atoms with Crippen LogP contribution < -0.4 is 10.6 Å². The third kappa shape index (κ3) is 3.67. The van der Waals surface area contributed by atoms with Crippen molar-refractivity contribution in [3.8, 4) is 0 Å². The highest BCUT2D eigenvalue weighted by Gasteiger charge is 2.37. The number of urea groups is 1. The Morgan fingerprint density at radius 1 is 1.38 bits per heavy atom. The monoisotopic (exact) mass is 228 g/mol. The zero-order chi connectivity index (χ0) is 12.2. The number of amides is 2. The quantitative estimate of drug-likeness (QED) is 0.773. The Kier molecular flexibility index (Phi) is 4.59. The van der Waals surface area contributed by atoms with Gasteiger partial charge in [-0.15, -0.1) is 0 Å². The van der Waals surface area contributed by atoms with Crippen molar-refractivity contribution in [2.45, 2.75) is 40.2 Å². The summed E-state index contributed by atoms with van der Waals surface area (Å²) in [6.07, 6.45) is 1.28. The summed E-state index contributed by atoms with van der Waals surface area (Å²) < 4.78 is 5.75. The first-order valence-electron chi connectivity index (χ1n) is 6.08. The lowest BCUT2D eigenvalue weighted by Gasteiger charge is -2.31. The molecule has 0 saturated carbocycles. The number of rotatable bonds is 3. The number of ether oxygens (including phenoxy) is 1. The molecule has 2 atom stereocenters. The maximum absolute atomic E-state index is 11.3. The average Bonchev–Trinajstić information content (AvgIpc) is 2.62. The molecule has 1 heterocycles. The van der Waals surface area contributed by atoms with Crippen molar-refractivity contribution >= 4 is 6.03 Å². The first kappa shape index (κ1) is 13.3. The van der Waals surface area contributed by atoms with E-state index in [4.69, 9.17) is 4.74 Å². The van der Waals surface area contributed by atoms with Gasteiger partial charge in [0.15, 0.2) is 0 Å². The van der Waals surface area contributed by atoms with Gasteiger partial charge in [-0.2, -0.15) is 0 Å². The van der Waals surface area contributed by atoms with E-state index in [9.17, 15) is 4.79 Å². The summed E-state index contributed by atoms with van der Waals surface area (Å²) >= 11 is 0. The van der Waals surface area contributed by atoms with E-state index >= 15 is 0 Å². The topological polar surface area (TPSA) is 50.4 Å². The Labute approximate surface area is 98.1 Å². The average molecular weight is 228 g/mol. The summed E-state index contributed by atoms with van der Waals surface area (Å²) in [6.45, 7) is 10.6. The molecular weight excluding hydrogens is 204 g/mol. The van der Waals surface area contributed by atoms with E-state index in [1.54, 1.807) is 0 Å². The minimum Gasteiger partial charge on any atom is -0.377 e. The van der Waals surface area contributed by atoms with Crippen LogP contribution in [0.5, 0.6) is 0 Å². The first-order chi connectivity index (χ1) is 7.45. The van der Waals surface area contributed by atoms with Crippen LogP contribution in [-0.4, -0.2) is 31.8 Å². The van der Waals surface area contributed by atoms with E-state index in [2.05, 4.69) is 31.4 Å². The van der Waals surface area contributed by atoms with E-state index in [0.29, 0.717) is 19.0 Å². The van der Waals surface area contributed by atoms with Gasteiger partial charge in [0.2, 0.25) is 0 Å². The molecule has 1 fully saturated rings. The molecule has 2 amide bonds. The molecule has 4 nitrogen and oxygen atoms in total. The Balaban J connectivity index is 2.39. The van der Waals surface area contributed by atoms with Gasteiger partial charge >= 0.3 is 6.03 Å². The summed E-state index contributed by atoms with van der Waals surface area (Å²) in [5.74, 6) is 0.433. The molecule has 1 rings (SSSR count). The molecule has 16 heavy (non-hydrogen) atoms. The standard InChI is InChI=1S/C12H24N2O2/c1-5-13-11(15)14-8-9-6-7-16-10(9)12(2,3)4/h9-10H,5-8H2,1-4H3,(H2,13,14,15)/t9-,10+/m1/s1. The minimum atomic E-state index is -0.0814. The second kappa shape index (κ2) is 5.53. The lowest BCUT2D eigenvalue weighted by atomic mass is 9.81. The van der Waals surface area contributed by atoms with Crippen molar-refractivity contribution in [2.75, 3.05) is 19.7 Å². The van der Waals surface area contributed by atoms with Crippen molar-refractivity contribution in [3.05, 3.63) is 0 Å². The predicted molar refractivity (Wildman–Crippen MR) is 64.4 cm³/mol. The number of hydrogen-bond donors (Lipinski definition) is 2. The van der Waals surface area contributed by atoms with Crippen LogP contribution in [0.15, 0.2) is 0 Å². The molecule has 0 aromatic heterocycles. The molecule has 1 aliphatic rings. The SMILES string of the molecule is CCNC(=O)NC[C@H]1CCO[C@@H]1C(C)(C)C. The molecule has 2 N–H and O–H groups in total. The highest BCUT2D eigenvalue weighted by Crippen LogP contribution is 2.34. The summed E-state index contributed by atoms with van der Waals surface area (Å²) in [4.78, 5) is 11.3. The fraction of sp³-hybridized carbons (Fsp3) is 0.917. The molecule has 4 heteroatoms. The Morgan fingerprint density at radius 3 is 2.62 bits per heavy atom. The molecule has 1 aliphatic heterocycles. The Hall–Kier alpha value is -0.770. The Morgan fingerprint density at radius 2 is 2.06 bits per heavy atom. The van der Waals surface area contributed by atoms with Crippen molar-refractivity contribution in [1.29, 1.82) is 0 Å². The third-order valence-electron chi connectivity index (χ3n) is 2.93. The molecule has 0 aromatic carbocycles. The van der Waals surface area contributed by atoms with Gasteiger partial charge < -0.3 is 15.4 Å². The number of hydrogen-bond acceptors (Lipinski definition) is 2. The molecular formula is C12H24N2O2. The van der Waals surface area contributed by atoms with Gasteiger partial charge in [0.05, 0.1) is 6.10 Å². The molecule has 0 unspecified atom stereocenters. The van der Waals surface area contributed by atoms with Gasteiger partial charge in [-0.1, -0.05) is 20.8 Å². The van der Waals surface area contributed by atoms with E-state index in [0.717, 1.165) is 13.0 Å². The van der Waals surface area contributed by atoms with Gasteiger partial charge in [-0.05, 0) is 18.8 Å². The third-order valence-corrected chi connectivity index (χ3v) is 2.93. The lowest BCUT2D eigenvalue weighted by Crippen LogP contribution is -2.42. The molecule has 0 spiro atoms. The summed E-state index contributed by atoms with van der Waals surface area (Å²) in [7, 11) is 0. The maximum Gasteiger partial charge on any atom is 0.314 e.